The van der Waals surface area contributed by atoms with Crippen LogP contribution in [-0.4, -0.2) is 0 Å². The van der Waals surface area contributed by atoms with Crippen molar-refractivity contribution in [2.75, 3.05) is 0 Å². The SMILES string of the molecule is CC(C)C1c2cc(F)c(F)cc2CCC12CC2. The Hall–Kier alpha value is -0.920. The number of benzene rings is 1. The lowest BCUT2D eigenvalue weighted by atomic mass is 9.68. The van der Waals surface area contributed by atoms with E-state index in [0.29, 0.717) is 17.3 Å². The van der Waals surface area contributed by atoms with Crippen molar-refractivity contribution in [1.29, 1.82) is 0 Å². The van der Waals surface area contributed by atoms with Crippen LogP contribution in [0.25, 0.3) is 0 Å². The third kappa shape index (κ3) is 1.61. The Labute approximate surface area is 101 Å². The van der Waals surface area contributed by atoms with Gasteiger partial charge in [-0.15, -0.1) is 0 Å². The van der Waals surface area contributed by atoms with Crippen molar-refractivity contribution in [1.82, 2.24) is 0 Å². The maximum Gasteiger partial charge on any atom is 0.159 e. The minimum atomic E-state index is -0.696. The van der Waals surface area contributed by atoms with Crippen LogP contribution in [0.2, 0.25) is 0 Å². The molecule has 1 saturated carbocycles. The van der Waals surface area contributed by atoms with Crippen LogP contribution < -0.4 is 0 Å². The molecule has 0 bridgehead atoms. The van der Waals surface area contributed by atoms with Gasteiger partial charge in [0.2, 0.25) is 0 Å². The van der Waals surface area contributed by atoms with E-state index < -0.39 is 11.6 Å². The molecular weight excluding hydrogens is 218 g/mol. The Kier molecular flexibility index (Phi) is 2.33. The van der Waals surface area contributed by atoms with Gasteiger partial charge in [0.25, 0.3) is 0 Å². The van der Waals surface area contributed by atoms with Crippen LogP contribution in [0.4, 0.5) is 8.78 Å². The second kappa shape index (κ2) is 3.54. The van der Waals surface area contributed by atoms with E-state index in [9.17, 15) is 8.78 Å². The molecule has 0 radical (unpaired) electrons. The van der Waals surface area contributed by atoms with Crippen LogP contribution in [0.3, 0.4) is 0 Å². The normalized spacial score (nSPS) is 25.1. The molecule has 2 heteroatoms. The zero-order valence-corrected chi connectivity index (χ0v) is 10.4. The summed E-state index contributed by atoms with van der Waals surface area (Å²) in [6, 6.07) is 2.86. The van der Waals surface area contributed by atoms with Gasteiger partial charge in [0.1, 0.15) is 0 Å². The van der Waals surface area contributed by atoms with E-state index in [2.05, 4.69) is 13.8 Å². The molecule has 1 aromatic carbocycles. The lowest BCUT2D eigenvalue weighted by Gasteiger charge is -2.37. The fraction of sp³-hybridized carbons (Fsp3) is 0.600. The lowest BCUT2D eigenvalue weighted by molar-refractivity contribution is 0.279. The Bertz CT molecular complexity index is 458. The minimum absolute atomic E-state index is 0.408. The molecule has 1 atom stereocenters. The quantitative estimate of drug-likeness (QED) is 0.676. The summed E-state index contributed by atoms with van der Waals surface area (Å²) in [7, 11) is 0. The number of hydrogen-bond acceptors (Lipinski definition) is 0. The van der Waals surface area contributed by atoms with E-state index >= 15 is 0 Å². The Balaban J connectivity index is 2.12. The van der Waals surface area contributed by atoms with Gasteiger partial charge in [-0.1, -0.05) is 13.8 Å². The maximum absolute atomic E-state index is 13.4. The summed E-state index contributed by atoms with van der Waals surface area (Å²) in [6.07, 6.45) is 4.58. The predicted octanol–water partition coefficient (Wildman–Crippen LogP) is 4.43. The van der Waals surface area contributed by atoms with E-state index in [-0.39, 0.29) is 0 Å². The molecule has 92 valence electrons. The summed E-state index contributed by atoms with van der Waals surface area (Å²) in [5.74, 6) is -0.465. The van der Waals surface area contributed by atoms with Crippen molar-refractivity contribution in [3.63, 3.8) is 0 Å². The van der Waals surface area contributed by atoms with E-state index in [1.54, 1.807) is 0 Å². The zero-order chi connectivity index (χ0) is 12.2. The van der Waals surface area contributed by atoms with Crippen molar-refractivity contribution in [2.24, 2.45) is 11.3 Å². The Morgan fingerprint density at radius 2 is 1.76 bits per heavy atom. The van der Waals surface area contributed by atoms with Crippen LogP contribution in [0, 0.1) is 23.0 Å². The van der Waals surface area contributed by atoms with Gasteiger partial charge in [-0.2, -0.15) is 0 Å². The first kappa shape index (κ1) is 11.2. The Morgan fingerprint density at radius 1 is 1.12 bits per heavy atom. The molecule has 1 spiro atoms. The first-order valence-corrected chi connectivity index (χ1v) is 6.51. The highest BCUT2D eigenvalue weighted by Gasteiger charge is 2.52. The highest BCUT2D eigenvalue weighted by Crippen LogP contribution is 2.64. The van der Waals surface area contributed by atoms with Gasteiger partial charge < -0.3 is 0 Å². The summed E-state index contributed by atoms with van der Waals surface area (Å²) in [4.78, 5) is 0. The molecule has 0 aromatic heterocycles. The molecule has 1 fully saturated rings. The van der Waals surface area contributed by atoms with Gasteiger partial charge in [0, 0.05) is 0 Å². The van der Waals surface area contributed by atoms with E-state index in [1.807, 2.05) is 0 Å². The molecule has 0 saturated heterocycles. The first-order valence-electron chi connectivity index (χ1n) is 6.51. The average Bonchev–Trinajstić information content (AvgIpc) is 3.01. The summed E-state index contributed by atoms with van der Waals surface area (Å²) >= 11 is 0. The molecule has 0 nitrogen and oxygen atoms in total. The van der Waals surface area contributed by atoms with Gasteiger partial charge >= 0.3 is 0 Å². The first-order chi connectivity index (χ1) is 8.03. The topological polar surface area (TPSA) is 0 Å². The summed E-state index contributed by atoms with van der Waals surface area (Å²) < 4.78 is 26.7. The second-order valence-electron chi connectivity index (χ2n) is 6.05. The van der Waals surface area contributed by atoms with Crippen molar-refractivity contribution in [3.8, 4) is 0 Å². The molecule has 0 heterocycles. The second-order valence-corrected chi connectivity index (χ2v) is 6.05. The van der Waals surface area contributed by atoms with Crippen LogP contribution in [0.5, 0.6) is 0 Å². The third-order valence-electron chi connectivity index (χ3n) is 4.63. The predicted molar refractivity (Wildman–Crippen MR) is 63.9 cm³/mol. The number of rotatable bonds is 1. The molecule has 2 aliphatic carbocycles. The molecule has 0 aliphatic heterocycles. The average molecular weight is 236 g/mol. The summed E-state index contributed by atoms with van der Waals surface area (Å²) in [6.45, 7) is 4.39. The molecule has 1 unspecified atom stereocenters. The third-order valence-corrected chi connectivity index (χ3v) is 4.63. The molecule has 2 aliphatic rings. The van der Waals surface area contributed by atoms with Crippen molar-refractivity contribution in [3.05, 3.63) is 34.9 Å². The summed E-state index contributed by atoms with van der Waals surface area (Å²) in [5, 5.41) is 0. The lowest BCUT2D eigenvalue weighted by Crippen LogP contribution is -2.26. The van der Waals surface area contributed by atoms with Gasteiger partial charge in [-0.05, 0) is 66.2 Å². The highest BCUT2D eigenvalue weighted by molar-refractivity contribution is 5.38. The molecule has 1 aromatic rings. The van der Waals surface area contributed by atoms with Crippen LogP contribution >= 0.6 is 0 Å². The summed E-state index contributed by atoms with van der Waals surface area (Å²) in [5.41, 5.74) is 2.51. The van der Waals surface area contributed by atoms with Crippen molar-refractivity contribution in [2.45, 2.75) is 45.4 Å². The van der Waals surface area contributed by atoms with E-state index in [0.717, 1.165) is 24.0 Å². The van der Waals surface area contributed by atoms with Crippen molar-refractivity contribution < 1.29 is 8.78 Å². The molecule has 17 heavy (non-hydrogen) atoms. The van der Waals surface area contributed by atoms with Gasteiger partial charge in [0.05, 0.1) is 0 Å². The van der Waals surface area contributed by atoms with Crippen LogP contribution in [0.1, 0.15) is 50.2 Å². The van der Waals surface area contributed by atoms with E-state index in [1.165, 1.54) is 25.0 Å². The van der Waals surface area contributed by atoms with Gasteiger partial charge in [0.15, 0.2) is 11.6 Å². The van der Waals surface area contributed by atoms with E-state index in [4.69, 9.17) is 0 Å². The smallest absolute Gasteiger partial charge is 0.159 e. The standard InChI is InChI=1S/C15H18F2/c1-9(2)14-11-8-13(17)12(16)7-10(11)3-4-15(14)5-6-15/h7-9,14H,3-6H2,1-2H3. The monoisotopic (exact) mass is 236 g/mol. The number of hydrogen-bond donors (Lipinski definition) is 0. The number of fused-ring (bicyclic) bond motifs is 1. The zero-order valence-electron chi connectivity index (χ0n) is 10.4. The van der Waals surface area contributed by atoms with Gasteiger partial charge in [-0.25, -0.2) is 8.78 Å². The fourth-order valence-corrected chi connectivity index (χ4v) is 3.77. The molecular formula is C15H18F2. The Morgan fingerprint density at radius 3 is 2.35 bits per heavy atom. The fourth-order valence-electron chi connectivity index (χ4n) is 3.77. The molecule has 0 amide bonds. The molecule has 3 rings (SSSR count). The van der Waals surface area contributed by atoms with Crippen molar-refractivity contribution >= 4 is 0 Å². The van der Waals surface area contributed by atoms with Crippen LogP contribution in [0.15, 0.2) is 12.1 Å². The minimum Gasteiger partial charge on any atom is -0.204 e. The number of aryl methyl sites for hydroxylation is 1. The largest absolute Gasteiger partial charge is 0.204 e. The molecule has 0 N–H and O–H groups in total. The van der Waals surface area contributed by atoms with Crippen LogP contribution in [-0.2, 0) is 6.42 Å². The van der Waals surface area contributed by atoms with Gasteiger partial charge in [-0.3, -0.25) is 0 Å². The maximum atomic E-state index is 13.4. The highest BCUT2D eigenvalue weighted by atomic mass is 19.2. The number of halogens is 2.